The van der Waals surface area contributed by atoms with Crippen LogP contribution in [0.4, 0.5) is 0 Å². The van der Waals surface area contributed by atoms with E-state index in [0.29, 0.717) is 18.8 Å². The quantitative estimate of drug-likeness (QED) is 0.473. The van der Waals surface area contributed by atoms with Gasteiger partial charge < -0.3 is 14.6 Å². The van der Waals surface area contributed by atoms with E-state index in [0.717, 1.165) is 28.0 Å². The Hall–Kier alpha value is -3.86. The van der Waals surface area contributed by atoms with Crippen molar-refractivity contribution in [2.75, 3.05) is 7.11 Å². The first-order valence-electron chi connectivity index (χ1n) is 10.2. The van der Waals surface area contributed by atoms with Gasteiger partial charge in [0.2, 0.25) is 0 Å². The lowest BCUT2D eigenvalue weighted by Gasteiger charge is -2.11. The smallest absolute Gasteiger partial charge is 0.268 e. The van der Waals surface area contributed by atoms with E-state index in [9.17, 15) is 4.79 Å². The van der Waals surface area contributed by atoms with Crippen LogP contribution in [0.2, 0.25) is 0 Å². The van der Waals surface area contributed by atoms with Crippen molar-refractivity contribution in [1.82, 2.24) is 14.9 Å². The predicted molar refractivity (Wildman–Crippen MR) is 122 cm³/mol. The summed E-state index contributed by atoms with van der Waals surface area (Å²) in [6, 6.07) is 21.9. The number of hydrogen-bond donors (Lipinski definition) is 1. The van der Waals surface area contributed by atoms with Crippen LogP contribution in [0.1, 0.15) is 27.2 Å². The molecule has 1 N–H and O–H groups in total. The SMILES string of the molecule is COc1ccc(CNC(=O)c2cc(-c3ccncc3)cn2Cc2ccc(C)cc2)cc1. The number of aromatic nitrogens is 2. The van der Waals surface area contributed by atoms with Crippen molar-refractivity contribution < 1.29 is 9.53 Å². The second-order valence-electron chi connectivity index (χ2n) is 7.49. The third kappa shape index (κ3) is 5.01. The van der Waals surface area contributed by atoms with Gasteiger partial charge in [0.05, 0.1) is 7.11 Å². The molecule has 4 rings (SSSR count). The predicted octanol–water partition coefficient (Wildman–Crippen LogP) is 4.85. The molecule has 31 heavy (non-hydrogen) atoms. The van der Waals surface area contributed by atoms with Crippen molar-refractivity contribution in [2.45, 2.75) is 20.0 Å². The zero-order valence-electron chi connectivity index (χ0n) is 17.7. The van der Waals surface area contributed by atoms with Crippen LogP contribution in [-0.4, -0.2) is 22.6 Å². The summed E-state index contributed by atoms with van der Waals surface area (Å²) in [6.07, 6.45) is 5.55. The molecule has 1 amide bonds. The number of nitrogens with one attached hydrogen (secondary N) is 1. The van der Waals surface area contributed by atoms with Crippen molar-refractivity contribution >= 4 is 5.91 Å². The van der Waals surface area contributed by atoms with Crippen LogP contribution in [0.5, 0.6) is 5.75 Å². The summed E-state index contributed by atoms with van der Waals surface area (Å²) in [7, 11) is 1.64. The van der Waals surface area contributed by atoms with Gasteiger partial charge in [-0.15, -0.1) is 0 Å². The molecule has 0 saturated carbocycles. The van der Waals surface area contributed by atoms with Gasteiger partial charge in [0, 0.05) is 37.2 Å². The summed E-state index contributed by atoms with van der Waals surface area (Å²) in [6.45, 7) is 3.14. The minimum absolute atomic E-state index is 0.108. The maximum atomic E-state index is 13.1. The van der Waals surface area contributed by atoms with Gasteiger partial charge in [-0.3, -0.25) is 9.78 Å². The number of aryl methyl sites for hydroxylation is 1. The molecule has 4 aromatic rings. The maximum absolute atomic E-state index is 13.1. The summed E-state index contributed by atoms with van der Waals surface area (Å²) in [5, 5.41) is 3.04. The molecule has 5 heteroatoms. The fourth-order valence-corrected chi connectivity index (χ4v) is 3.44. The molecule has 0 atom stereocenters. The van der Waals surface area contributed by atoms with Gasteiger partial charge in [-0.2, -0.15) is 0 Å². The lowest BCUT2D eigenvalue weighted by Crippen LogP contribution is -2.25. The molecule has 0 unspecified atom stereocenters. The maximum Gasteiger partial charge on any atom is 0.268 e. The number of rotatable bonds is 7. The Morgan fingerprint density at radius 1 is 0.935 bits per heavy atom. The molecule has 0 bridgehead atoms. The standard InChI is InChI=1S/C26H25N3O2/c1-19-3-5-21(6-4-19)17-29-18-23(22-11-13-27-14-12-22)15-25(29)26(30)28-16-20-7-9-24(31-2)10-8-20/h3-15,18H,16-17H2,1-2H3,(H,28,30). The fourth-order valence-electron chi connectivity index (χ4n) is 3.44. The number of nitrogens with zero attached hydrogens (tertiary/aromatic N) is 2. The van der Waals surface area contributed by atoms with Gasteiger partial charge in [0.15, 0.2) is 0 Å². The normalized spacial score (nSPS) is 10.6. The number of benzene rings is 2. The van der Waals surface area contributed by atoms with E-state index in [1.807, 2.05) is 53.2 Å². The van der Waals surface area contributed by atoms with Crippen LogP contribution >= 0.6 is 0 Å². The third-order valence-corrected chi connectivity index (χ3v) is 5.23. The lowest BCUT2D eigenvalue weighted by molar-refractivity contribution is 0.0942. The Kier molecular flexibility index (Phi) is 6.13. The molecule has 5 nitrogen and oxygen atoms in total. The van der Waals surface area contributed by atoms with E-state index < -0.39 is 0 Å². The van der Waals surface area contributed by atoms with Crippen molar-refractivity contribution in [3.05, 3.63) is 108 Å². The van der Waals surface area contributed by atoms with Crippen LogP contribution in [0.25, 0.3) is 11.1 Å². The van der Waals surface area contributed by atoms with E-state index in [-0.39, 0.29) is 5.91 Å². The molecule has 2 aromatic carbocycles. The summed E-state index contributed by atoms with van der Waals surface area (Å²) in [5.74, 6) is 0.687. The van der Waals surface area contributed by atoms with Crippen LogP contribution in [0, 0.1) is 6.92 Å². The molecule has 0 aliphatic heterocycles. The number of carbonyl (C=O) groups is 1. The van der Waals surface area contributed by atoms with E-state index in [2.05, 4.69) is 41.5 Å². The monoisotopic (exact) mass is 411 g/mol. The number of amides is 1. The van der Waals surface area contributed by atoms with Crippen molar-refractivity contribution in [1.29, 1.82) is 0 Å². The van der Waals surface area contributed by atoms with Gasteiger partial charge in [0.1, 0.15) is 11.4 Å². The molecular weight excluding hydrogens is 386 g/mol. The van der Waals surface area contributed by atoms with Crippen molar-refractivity contribution in [3.8, 4) is 16.9 Å². The molecule has 0 aliphatic carbocycles. The Bertz CT molecular complexity index is 1150. The van der Waals surface area contributed by atoms with Crippen LogP contribution < -0.4 is 10.1 Å². The molecule has 0 aliphatic rings. The largest absolute Gasteiger partial charge is 0.497 e. The molecule has 0 saturated heterocycles. The van der Waals surface area contributed by atoms with E-state index in [1.165, 1.54) is 5.56 Å². The zero-order valence-corrected chi connectivity index (χ0v) is 17.7. The molecule has 2 aromatic heterocycles. The van der Waals surface area contributed by atoms with Gasteiger partial charge in [-0.05, 0) is 53.9 Å². The van der Waals surface area contributed by atoms with E-state index in [4.69, 9.17) is 4.74 Å². The second kappa shape index (κ2) is 9.30. The lowest BCUT2D eigenvalue weighted by atomic mass is 10.1. The summed E-state index contributed by atoms with van der Waals surface area (Å²) in [5.41, 5.74) is 6.02. The highest BCUT2D eigenvalue weighted by Gasteiger charge is 2.15. The molecule has 156 valence electrons. The van der Waals surface area contributed by atoms with Crippen molar-refractivity contribution in [3.63, 3.8) is 0 Å². The minimum Gasteiger partial charge on any atom is -0.497 e. The number of hydrogen-bond acceptors (Lipinski definition) is 3. The van der Waals surface area contributed by atoms with Crippen LogP contribution in [-0.2, 0) is 13.1 Å². The molecule has 2 heterocycles. The zero-order chi connectivity index (χ0) is 21.6. The number of methoxy groups -OCH3 is 1. The molecule has 0 spiro atoms. The average Bonchev–Trinajstić information content (AvgIpc) is 3.24. The van der Waals surface area contributed by atoms with Gasteiger partial charge in [-0.25, -0.2) is 0 Å². The first-order valence-corrected chi connectivity index (χ1v) is 10.2. The van der Waals surface area contributed by atoms with Gasteiger partial charge in [-0.1, -0.05) is 42.0 Å². The Morgan fingerprint density at radius 3 is 2.29 bits per heavy atom. The highest BCUT2D eigenvalue weighted by atomic mass is 16.5. The minimum atomic E-state index is -0.108. The van der Waals surface area contributed by atoms with E-state index >= 15 is 0 Å². The first kappa shape index (κ1) is 20.4. The topological polar surface area (TPSA) is 56.1 Å². The molecule has 0 fully saturated rings. The Labute approximate surface area is 182 Å². The molecule has 0 radical (unpaired) electrons. The third-order valence-electron chi connectivity index (χ3n) is 5.23. The first-order chi connectivity index (χ1) is 15.1. The van der Waals surface area contributed by atoms with Crippen LogP contribution in [0.3, 0.4) is 0 Å². The fraction of sp³-hybridized carbons (Fsp3) is 0.154. The summed E-state index contributed by atoms with van der Waals surface area (Å²) < 4.78 is 7.20. The summed E-state index contributed by atoms with van der Waals surface area (Å²) in [4.78, 5) is 17.2. The average molecular weight is 412 g/mol. The summed E-state index contributed by atoms with van der Waals surface area (Å²) >= 11 is 0. The Balaban J connectivity index is 1.58. The van der Waals surface area contributed by atoms with Gasteiger partial charge >= 0.3 is 0 Å². The number of carbonyl (C=O) groups excluding carboxylic acids is 1. The molecular formula is C26H25N3O2. The highest BCUT2D eigenvalue weighted by Crippen LogP contribution is 2.23. The van der Waals surface area contributed by atoms with Crippen molar-refractivity contribution in [2.24, 2.45) is 0 Å². The van der Waals surface area contributed by atoms with E-state index in [1.54, 1.807) is 19.5 Å². The van der Waals surface area contributed by atoms with Gasteiger partial charge in [0.25, 0.3) is 5.91 Å². The van der Waals surface area contributed by atoms with Crippen LogP contribution in [0.15, 0.2) is 85.3 Å². The number of pyridine rings is 1. The Morgan fingerprint density at radius 2 is 1.61 bits per heavy atom. The number of ether oxygens (including phenoxy) is 1. The highest BCUT2D eigenvalue weighted by molar-refractivity contribution is 5.94. The second-order valence-corrected chi connectivity index (χ2v) is 7.49.